The number of urea groups is 1. The summed E-state index contributed by atoms with van der Waals surface area (Å²) in [7, 11) is 0. The first-order valence-electron chi connectivity index (χ1n) is 19.1. The lowest BCUT2D eigenvalue weighted by atomic mass is 9.98. The summed E-state index contributed by atoms with van der Waals surface area (Å²) in [6.07, 6.45) is -0.301. The summed E-state index contributed by atoms with van der Waals surface area (Å²) in [4.78, 5) is 59.4. The van der Waals surface area contributed by atoms with Crippen LogP contribution in [-0.4, -0.2) is 74.9 Å². The van der Waals surface area contributed by atoms with Crippen molar-refractivity contribution in [2.24, 2.45) is 0 Å². The number of benzene rings is 6. The van der Waals surface area contributed by atoms with Crippen molar-refractivity contribution in [3.8, 4) is 0 Å². The quantitative estimate of drug-likeness (QED) is 0.154. The van der Waals surface area contributed by atoms with E-state index < -0.39 is 12.2 Å². The van der Waals surface area contributed by atoms with Crippen molar-refractivity contribution in [1.82, 2.24) is 25.1 Å². The second-order valence-electron chi connectivity index (χ2n) is 14.7. The van der Waals surface area contributed by atoms with Gasteiger partial charge in [-0.2, -0.15) is 5.01 Å². The fourth-order valence-corrected chi connectivity index (χ4v) is 8.07. The molecule has 0 unspecified atom stereocenters. The van der Waals surface area contributed by atoms with Gasteiger partial charge in [-0.25, -0.2) is 4.79 Å². The molecule has 6 aromatic carbocycles. The highest BCUT2D eigenvalue weighted by Crippen LogP contribution is 2.32. The second kappa shape index (κ2) is 15.7. The highest BCUT2D eigenvalue weighted by Gasteiger charge is 2.52. The van der Waals surface area contributed by atoms with Crippen LogP contribution in [0.4, 0.5) is 10.5 Å². The highest BCUT2D eigenvalue weighted by atomic mass is 16.2. The molecule has 0 spiro atoms. The van der Waals surface area contributed by atoms with Crippen molar-refractivity contribution in [1.29, 1.82) is 0 Å². The van der Waals surface area contributed by atoms with E-state index in [9.17, 15) is 19.2 Å². The van der Waals surface area contributed by atoms with Crippen LogP contribution in [-0.2, 0) is 29.1 Å². The van der Waals surface area contributed by atoms with Crippen LogP contribution in [0.15, 0.2) is 140 Å². The van der Waals surface area contributed by atoms with E-state index in [-0.39, 0.29) is 49.3 Å². The number of carbonyl (C=O) groups excluding carboxylic acids is 4. The van der Waals surface area contributed by atoms with Gasteiger partial charge < -0.3 is 20.4 Å². The van der Waals surface area contributed by atoms with Gasteiger partial charge in [0.2, 0.25) is 11.8 Å². The molecule has 10 nitrogen and oxygen atoms in total. The Morgan fingerprint density at radius 3 is 2.11 bits per heavy atom. The maximum absolute atomic E-state index is 14.6. The Morgan fingerprint density at radius 2 is 1.38 bits per heavy atom. The predicted octanol–water partition coefficient (Wildman–Crippen LogP) is 7.20. The zero-order valence-corrected chi connectivity index (χ0v) is 31.5. The molecule has 2 heterocycles. The molecule has 2 N–H and O–H groups in total. The number of piperazine rings is 1. The molecule has 2 fully saturated rings. The van der Waals surface area contributed by atoms with Gasteiger partial charge in [0.25, 0.3) is 5.91 Å². The lowest BCUT2D eigenvalue weighted by Gasteiger charge is -2.47. The van der Waals surface area contributed by atoms with Crippen LogP contribution >= 0.6 is 0 Å². The molecule has 0 saturated carbocycles. The molecule has 2 aliphatic rings. The summed E-state index contributed by atoms with van der Waals surface area (Å²) >= 11 is 0. The van der Waals surface area contributed by atoms with Crippen molar-refractivity contribution in [2.45, 2.75) is 51.6 Å². The lowest BCUT2D eigenvalue weighted by Crippen LogP contribution is -2.66. The minimum atomic E-state index is -0.807. The zero-order chi connectivity index (χ0) is 38.8. The van der Waals surface area contributed by atoms with E-state index in [1.165, 1.54) is 0 Å². The summed E-state index contributed by atoms with van der Waals surface area (Å²) in [5.74, 6) is -0.574. The molecule has 0 aromatic heterocycles. The smallest absolute Gasteiger partial charge is 0.332 e. The molecule has 0 radical (unpaired) electrons. The maximum atomic E-state index is 14.6. The molecule has 0 bridgehead atoms. The number of hydrazine groups is 1. The fourth-order valence-electron chi connectivity index (χ4n) is 8.07. The summed E-state index contributed by atoms with van der Waals surface area (Å²) in [5, 5.41) is 13.5. The van der Waals surface area contributed by atoms with Gasteiger partial charge in [-0.1, -0.05) is 121 Å². The lowest BCUT2D eigenvalue weighted by molar-refractivity contribution is -0.158. The number of carbonyl (C=O) groups is 4. The van der Waals surface area contributed by atoms with E-state index in [0.717, 1.165) is 38.2 Å². The van der Waals surface area contributed by atoms with Gasteiger partial charge in [0, 0.05) is 36.8 Å². The average Bonchev–Trinajstić information content (AvgIpc) is 3.53. The van der Waals surface area contributed by atoms with E-state index in [4.69, 9.17) is 0 Å². The predicted molar refractivity (Wildman–Crippen MR) is 218 cm³/mol. The van der Waals surface area contributed by atoms with E-state index >= 15 is 0 Å². The number of nitrogens with zero attached hydrogens (tertiary/aromatic N) is 4. The van der Waals surface area contributed by atoms with Crippen molar-refractivity contribution in [3.05, 3.63) is 162 Å². The third-order valence-electron chi connectivity index (χ3n) is 10.7. The molecule has 6 aromatic rings. The number of nitrogens with one attached hydrogen (secondary N) is 2. The van der Waals surface area contributed by atoms with Crippen LogP contribution in [0, 0.1) is 0 Å². The largest absolute Gasteiger partial charge is 0.333 e. The number of hydrogen-bond acceptors (Lipinski definition) is 5. The Morgan fingerprint density at radius 1 is 0.732 bits per heavy atom. The zero-order valence-electron chi connectivity index (χ0n) is 31.5. The topological polar surface area (TPSA) is 105 Å². The van der Waals surface area contributed by atoms with Gasteiger partial charge in [-0.3, -0.25) is 19.4 Å². The first-order chi connectivity index (χ1) is 27.2. The fraction of sp³-hybridized carbons (Fsp3) is 0.217. The number of rotatable bonds is 10. The summed E-state index contributed by atoms with van der Waals surface area (Å²) in [6, 6.07) is 43.4. The molecular formula is C46H44N6O4. The van der Waals surface area contributed by atoms with E-state index in [0.29, 0.717) is 24.3 Å². The highest BCUT2D eigenvalue weighted by molar-refractivity contribution is 6.13. The molecule has 2 saturated heterocycles. The standard InChI is InChI=1S/C46H44N6O4/c1-31(2)52(46(56)47-27-33-12-4-3-5-13-33)50-30-43(53)51-41(45(55)49(29-42(50)51)28-36-18-10-16-34-14-6-8-19-38(34)36)26-32-22-24-37(25-23-32)48-44(54)40-21-11-17-35-15-7-9-20-39(35)40/h3-25,31,41-42H,26-30H2,1-2H3,(H,47,56)(H,48,54)/t41-,42+/m0/s1. The monoisotopic (exact) mass is 744 g/mol. The van der Waals surface area contributed by atoms with Crippen molar-refractivity contribution < 1.29 is 19.2 Å². The van der Waals surface area contributed by atoms with Gasteiger partial charge >= 0.3 is 6.03 Å². The van der Waals surface area contributed by atoms with Crippen LogP contribution in [0.1, 0.15) is 40.9 Å². The Bertz CT molecular complexity index is 2410. The molecule has 2 atom stereocenters. The number of anilines is 1. The van der Waals surface area contributed by atoms with Crippen molar-refractivity contribution in [3.63, 3.8) is 0 Å². The minimum absolute atomic E-state index is 0.0351. The van der Waals surface area contributed by atoms with Gasteiger partial charge in [-0.05, 0) is 70.3 Å². The Labute approximate surface area is 326 Å². The number of hydrogen-bond donors (Lipinski definition) is 2. The Balaban J connectivity index is 1.07. The molecule has 282 valence electrons. The number of fused-ring (bicyclic) bond motifs is 3. The summed E-state index contributed by atoms with van der Waals surface area (Å²) in [6.45, 7) is 4.74. The average molecular weight is 745 g/mol. The van der Waals surface area contributed by atoms with Gasteiger partial charge in [0.05, 0.1) is 13.1 Å². The molecule has 10 heteroatoms. The number of amides is 5. The first kappa shape index (κ1) is 36.5. The van der Waals surface area contributed by atoms with Gasteiger partial charge in [0.15, 0.2) is 0 Å². The van der Waals surface area contributed by atoms with E-state index in [2.05, 4.69) is 28.8 Å². The normalized spacial score (nSPS) is 17.1. The van der Waals surface area contributed by atoms with E-state index in [1.54, 1.807) is 9.91 Å². The Kier molecular flexibility index (Phi) is 10.2. The van der Waals surface area contributed by atoms with Crippen LogP contribution in [0.25, 0.3) is 21.5 Å². The molecule has 56 heavy (non-hydrogen) atoms. The summed E-state index contributed by atoms with van der Waals surface area (Å²) in [5.41, 5.74) is 4.01. The molecule has 5 amide bonds. The van der Waals surface area contributed by atoms with Crippen molar-refractivity contribution >= 4 is 51.0 Å². The van der Waals surface area contributed by atoms with Crippen molar-refractivity contribution in [2.75, 3.05) is 18.4 Å². The van der Waals surface area contributed by atoms with Crippen LogP contribution in [0.3, 0.4) is 0 Å². The summed E-state index contributed by atoms with van der Waals surface area (Å²) < 4.78 is 0. The van der Waals surface area contributed by atoms with E-state index in [1.807, 2.05) is 145 Å². The van der Waals surface area contributed by atoms with Crippen LogP contribution in [0.5, 0.6) is 0 Å². The van der Waals surface area contributed by atoms with Crippen LogP contribution < -0.4 is 10.6 Å². The molecular weight excluding hydrogens is 701 g/mol. The third kappa shape index (κ3) is 7.31. The molecule has 8 rings (SSSR count). The van der Waals surface area contributed by atoms with Gasteiger partial charge in [-0.15, -0.1) is 0 Å². The first-order valence-corrected chi connectivity index (χ1v) is 19.1. The SMILES string of the molecule is CC(C)N(C(=O)NCc1ccccc1)N1CC(=O)N2[C@@H](Cc3ccc(NC(=O)c4cccc5ccccc45)cc3)C(=O)N(Cc3cccc4ccccc34)C[C@@H]21. The maximum Gasteiger partial charge on any atom is 0.332 e. The van der Waals surface area contributed by atoms with Crippen LogP contribution in [0.2, 0.25) is 0 Å². The minimum Gasteiger partial charge on any atom is -0.333 e. The second-order valence-corrected chi connectivity index (χ2v) is 14.7. The molecule has 0 aliphatic carbocycles. The Hall–Kier alpha value is -6.52. The van der Waals surface area contributed by atoms with Gasteiger partial charge in [0.1, 0.15) is 12.2 Å². The molecule has 2 aliphatic heterocycles. The third-order valence-corrected chi connectivity index (χ3v) is 10.7.